The molecule has 3 N–H and O–H groups in total. The summed E-state index contributed by atoms with van der Waals surface area (Å²) in [6, 6.07) is 15.3. The van der Waals surface area contributed by atoms with Crippen molar-refractivity contribution in [1.82, 2.24) is 15.3 Å². The summed E-state index contributed by atoms with van der Waals surface area (Å²) in [6.07, 6.45) is 2.43. The zero-order chi connectivity index (χ0) is 30.6. The minimum Gasteiger partial charge on any atom is -0.481 e. The highest BCUT2D eigenvalue weighted by Gasteiger charge is 2.42. The van der Waals surface area contributed by atoms with E-state index < -0.39 is 17.3 Å². The van der Waals surface area contributed by atoms with Crippen molar-refractivity contribution in [3.63, 3.8) is 0 Å². The lowest BCUT2D eigenvalue weighted by Gasteiger charge is -2.34. The van der Waals surface area contributed by atoms with Gasteiger partial charge in [-0.1, -0.05) is 45.0 Å². The van der Waals surface area contributed by atoms with Crippen molar-refractivity contribution in [3.05, 3.63) is 92.2 Å². The number of hydrogen-bond acceptors (Lipinski definition) is 8. The second-order valence-corrected chi connectivity index (χ2v) is 13.6. The monoisotopic (exact) mass is 617 g/mol. The maximum Gasteiger partial charge on any atom is 0.307 e. The molecule has 0 spiro atoms. The van der Waals surface area contributed by atoms with Crippen LogP contribution in [0, 0.1) is 11.3 Å². The van der Waals surface area contributed by atoms with Crippen LogP contribution in [0.25, 0.3) is 0 Å². The molecule has 0 bridgehead atoms. The van der Waals surface area contributed by atoms with Crippen molar-refractivity contribution in [2.45, 2.75) is 59.2 Å². The molecule has 0 fully saturated rings. The second-order valence-electron chi connectivity index (χ2n) is 11.7. The lowest BCUT2D eigenvalue weighted by Crippen LogP contribution is -2.34. The quantitative estimate of drug-likeness (QED) is 0.191. The van der Waals surface area contributed by atoms with E-state index in [0.29, 0.717) is 35.9 Å². The molecule has 2 unspecified atom stereocenters. The van der Waals surface area contributed by atoms with Gasteiger partial charge in [-0.25, -0.2) is 9.97 Å². The Hall–Kier alpha value is -4.09. The molecule has 1 aromatic carbocycles. The number of amides is 2. The molecule has 9 nitrogen and oxygen atoms in total. The van der Waals surface area contributed by atoms with E-state index in [0.717, 1.165) is 21.8 Å². The average molecular weight is 618 g/mol. The zero-order valence-electron chi connectivity index (χ0n) is 24.4. The van der Waals surface area contributed by atoms with Gasteiger partial charge in [0, 0.05) is 41.0 Å². The molecular formula is C32H35N5O4S2. The number of carbonyl (C=O) groups excluding carboxylic acids is 2. The van der Waals surface area contributed by atoms with E-state index in [1.165, 1.54) is 11.3 Å². The number of hydrogen-bond donors (Lipinski definition) is 3. The first kappa shape index (κ1) is 30.4. The van der Waals surface area contributed by atoms with Crippen LogP contribution in [-0.4, -0.2) is 32.9 Å². The Morgan fingerprint density at radius 3 is 2.63 bits per heavy atom. The fourth-order valence-electron chi connectivity index (χ4n) is 5.57. The maximum atomic E-state index is 13.4. The molecule has 11 heteroatoms. The Morgan fingerprint density at radius 2 is 1.88 bits per heavy atom. The molecule has 0 aliphatic carbocycles. The number of nitrogens with zero attached hydrogens (tertiary/aromatic N) is 3. The van der Waals surface area contributed by atoms with E-state index in [9.17, 15) is 19.5 Å². The fourth-order valence-corrected chi connectivity index (χ4v) is 7.16. The molecule has 2 atom stereocenters. The Balaban J connectivity index is 1.24. The first-order chi connectivity index (χ1) is 20.6. The van der Waals surface area contributed by atoms with Gasteiger partial charge in [-0.3, -0.25) is 14.4 Å². The molecule has 1 aliphatic rings. The Labute approximate surface area is 259 Å². The number of carbonyl (C=O) groups is 3. The van der Waals surface area contributed by atoms with E-state index in [2.05, 4.69) is 32.0 Å². The van der Waals surface area contributed by atoms with Gasteiger partial charge in [0.15, 0.2) is 0 Å². The molecule has 43 heavy (non-hydrogen) atoms. The van der Waals surface area contributed by atoms with Crippen LogP contribution in [0.1, 0.15) is 71.0 Å². The van der Waals surface area contributed by atoms with Crippen molar-refractivity contribution >= 4 is 52.0 Å². The van der Waals surface area contributed by atoms with Gasteiger partial charge in [0.05, 0.1) is 19.0 Å². The van der Waals surface area contributed by atoms with Crippen molar-refractivity contribution in [1.29, 1.82) is 0 Å². The Bertz CT molecular complexity index is 1590. The summed E-state index contributed by atoms with van der Waals surface area (Å²) in [5, 5.41) is 20.8. The highest BCUT2D eigenvalue weighted by molar-refractivity contribution is 7.10. The number of anilines is 2. The van der Waals surface area contributed by atoms with E-state index in [1.807, 2.05) is 63.2 Å². The molecular weight excluding hydrogens is 583 g/mol. The second kappa shape index (κ2) is 13.0. The van der Waals surface area contributed by atoms with Crippen molar-refractivity contribution in [2.75, 3.05) is 10.2 Å². The normalized spacial score (nSPS) is 15.8. The lowest BCUT2D eigenvalue weighted by atomic mass is 9.69. The van der Waals surface area contributed by atoms with Gasteiger partial charge < -0.3 is 20.6 Å². The maximum absolute atomic E-state index is 13.4. The first-order valence-electron chi connectivity index (χ1n) is 14.2. The summed E-state index contributed by atoms with van der Waals surface area (Å²) >= 11 is 2.91. The highest BCUT2D eigenvalue weighted by Crippen LogP contribution is 2.46. The number of carboxylic acids is 1. The van der Waals surface area contributed by atoms with E-state index in [4.69, 9.17) is 0 Å². The van der Waals surface area contributed by atoms with Gasteiger partial charge in [0.25, 0.3) is 5.91 Å². The van der Waals surface area contributed by atoms with Crippen LogP contribution in [0.3, 0.4) is 0 Å². The van der Waals surface area contributed by atoms with Crippen LogP contribution >= 0.6 is 22.7 Å². The molecule has 0 saturated heterocycles. The molecule has 4 heterocycles. The lowest BCUT2D eigenvalue weighted by molar-refractivity contribution is -0.147. The average Bonchev–Trinajstić information content (AvgIpc) is 3.62. The highest BCUT2D eigenvalue weighted by atomic mass is 32.1. The standard InChI is InChI=1S/C32H35N5O4S2/c1-32(2,3)29(31(40)41)23-11-12-28(38)37(25-9-5-4-8-22(23)25)17-27-36-24(19-43-27)30(39)35-16-21-14-20(18-42-21)15-34-26-10-6-7-13-33-26/h4-10,13-14,18-19,23,29H,11-12,15-17H2,1-3H3,(H,33,34)(H,35,39)(H,40,41). The molecule has 0 saturated carbocycles. The van der Waals surface area contributed by atoms with Crippen molar-refractivity contribution < 1.29 is 19.5 Å². The summed E-state index contributed by atoms with van der Waals surface area (Å²) in [5.74, 6) is -1.36. The van der Waals surface area contributed by atoms with Crippen LogP contribution < -0.4 is 15.5 Å². The first-order valence-corrected chi connectivity index (χ1v) is 15.9. The summed E-state index contributed by atoms with van der Waals surface area (Å²) in [7, 11) is 0. The molecule has 3 aromatic heterocycles. The number of thiazole rings is 1. The van der Waals surface area contributed by atoms with Gasteiger partial charge in [0.1, 0.15) is 16.5 Å². The van der Waals surface area contributed by atoms with E-state index >= 15 is 0 Å². The van der Waals surface area contributed by atoms with Crippen LogP contribution in [0.15, 0.2) is 65.5 Å². The number of nitrogens with one attached hydrogen (secondary N) is 2. The molecule has 0 radical (unpaired) electrons. The van der Waals surface area contributed by atoms with Crippen LogP contribution in [0.5, 0.6) is 0 Å². The van der Waals surface area contributed by atoms with Crippen molar-refractivity contribution in [3.8, 4) is 0 Å². The molecule has 1 aliphatic heterocycles. The molecule has 5 rings (SSSR count). The minimum atomic E-state index is -0.858. The van der Waals surface area contributed by atoms with Crippen LogP contribution in [0.2, 0.25) is 0 Å². The summed E-state index contributed by atoms with van der Waals surface area (Å²) in [4.78, 5) is 50.2. The number of rotatable bonds is 10. The third-order valence-electron chi connectivity index (χ3n) is 7.55. The summed E-state index contributed by atoms with van der Waals surface area (Å²) < 4.78 is 0. The van der Waals surface area contributed by atoms with Crippen molar-refractivity contribution in [2.24, 2.45) is 11.3 Å². The number of aliphatic carboxylic acids is 1. The van der Waals surface area contributed by atoms with Gasteiger partial charge >= 0.3 is 5.97 Å². The van der Waals surface area contributed by atoms with Crippen LogP contribution in [0.4, 0.5) is 11.5 Å². The summed E-state index contributed by atoms with van der Waals surface area (Å²) in [6.45, 7) is 7.03. The van der Waals surface area contributed by atoms with Gasteiger partial charge in [-0.2, -0.15) is 0 Å². The smallest absolute Gasteiger partial charge is 0.307 e. The summed E-state index contributed by atoms with van der Waals surface area (Å²) in [5.41, 5.74) is 2.49. The fraction of sp³-hybridized carbons (Fsp3) is 0.344. The number of benzene rings is 1. The number of fused-ring (bicyclic) bond motifs is 1. The topological polar surface area (TPSA) is 125 Å². The third kappa shape index (κ3) is 7.29. The number of para-hydroxylation sites is 1. The molecule has 224 valence electrons. The van der Waals surface area contributed by atoms with E-state index in [-0.39, 0.29) is 30.7 Å². The number of pyridine rings is 1. The van der Waals surface area contributed by atoms with E-state index in [1.54, 1.807) is 27.8 Å². The van der Waals surface area contributed by atoms with Gasteiger partial charge in [-0.05, 0) is 52.6 Å². The number of aromatic nitrogens is 2. The predicted octanol–water partition coefficient (Wildman–Crippen LogP) is 6.30. The van der Waals surface area contributed by atoms with Crippen LogP contribution in [-0.2, 0) is 29.2 Å². The molecule has 4 aromatic rings. The molecule has 2 amide bonds. The third-order valence-corrected chi connectivity index (χ3v) is 9.37. The van der Waals surface area contributed by atoms with Gasteiger partial charge in [0.2, 0.25) is 5.91 Å². The van der Waals surface area contributed by atoms with Gasteiger partial charge in [-0.15, -0.1) is 22.7 Å². The zero-order valence-corrected chi connectivity index (χ0v) is 26.0. The SMILES string of the molecule is CC(C)(C)C(C(=O)O)C1CCC(=O)N(Cc2nc(C(=O)NCc3cc(CNc4ccccn4)cs3)cs2)c2ccccc21. The number of carboxylic acid groups (broad SMARTS) is 1. The Kier molecular flexibility index (Phi) is 9.22. The predicted molar refractivity (Wildman–Crippen MR) is 169 cm³/mol. The minimum absolute atomic E-state index is 0.0831. The largest absolute Gasteiger partial charge is 0.481 e. The Morgan fingerprint density at radius 1 is 1.09 bits per heavy atom. The number of thiophene rings is 1.